The third-order valence-electron chi connectivity index (χ3n) is 6.03. The number of aryl methyl sites for hydroxylation is 2. The Bertz CT molecular complexity index is 1340. The van der Waals surface area contributed by atoms with E-state index in [9.17, 15) is 19.2 Å². The third-order valence-corrected chi connectivity index (χ3v) is 6.03. The van der Waals surface area contributed by atoms with Crippen LogP contribution in [-0.2, 0) is 27.2 Å². The summed E-state index contributed by atoms with van der Waals surface area (Å²) >= 11 is 0. The van der Waals surface area contributed by atoms with Gasteiger partial charge in [0.25, 0.3) is 5.56 Å². The maximum atomic E-state index is 12.9. The molecule has 1 saturated carbocycles. The zero-order valence-electron chi connectivity index (χ0n) is 18.0. The summed E-state index contributed by atoms with van der Waals surface area (Å²) in [6.45, 7) is -0.357. The molecule has 1 aromatic heterocycles. The van der Waals surface area contributed by atoms with Crippen molar-refractivity contribution in [3.63, 3.8) is 0 Å². The highest BCUT2D eigenvalue weighted by molar-refractivity contribution is 6.00. The number of aromatic nitrogens is 2. The first-order chi connectivity index (χ1) is 16.0. The molecular formula is C25H23N3O5. The van der Waals surface area contributed by atoms with Crippen LogP contribution in [-0.4, -0.2) is 33.8 Å². The normalized spacial score (nSPS) is 15.1. The van der Waals surface area contributed by atoms with Gasteiger partial charge < -0.3 is 10.1 Å². The third kappa shape index (κ3) is 4.41. The number of ketones is 1. The maximum absolute atomic E-state index is 12.9. The maximum Gasteiger partial charge on any atom is 0.306 e. The minimum absolute atomic E-state index is 0.0288. The van der Waals surface area contributed by atoms with Gasteiger partial charge >= 0.3 is 5.97 Å². The first-order valence-corrected chi connectivity index (χ1v) is 11.1. The Morgan fingerprint density at radius 1 is 1.09 bits per heavy atom. The molecule has 8 nitrogen and oxygen atoms in total. The Kier molecular flexibility index (Phi) is 5.50. The van der Waals surface area contributed by atoms with E-state index in [-0.39, 0.29) is 42.7 Å². The van der Waals surface area contributed by atoms with Crippen molar-refractivity contribution in [1.29, 1.82) is 0 Å². The van der Waals surface area contributed by atoms with E-state index >= 15 is 0 Å². The molecule has 5 rings (SSSR count). The molecule has 1 fully saturated rings. The molecule has 0 atom stereocenters. The summed E-state index contributed by atoms with van der Waals surface area (Å²) in [7, 11) is 0. The Hall–Kier alpha value is -3.81. The lowest BCUT2D eigenvalue weighted by Gasteiger charge is -2.17. The number of nitrogens with one attached hydrogen (secondary N) is 1. The van der Waals surface area contributed by atoms with Crippen LogP contribution in [0.3, 0.4) is 0 Å². The summed E-state index contributed by atoms with van der Waals surface area (Å²) < 4.78 is 6.90. The molecule has 0 radical (unpaired) electrons. The number of carbonyl (C=O) groups excluding carboxylic acids is 3. The van der Waals surface area contributed by atoms with Gasteiger partial charge in [-0.05, 0) is 55.2 Å². The van der Waals surface area contributed by atoms with E-state index in [1.807, 2.05) is 12.1 Å². The average molecular weight is 445 g/mol. The SMILES string of the molecule is O=C1CCc2cc(C(=O)COC(=O)CCc3nc4ccccc4c(=O)n3C3CC3)ccc2N1. The van der Waals surface area contributed by atoms with Crippen LogP contribution < -0.4 is 10.9 Å². The topological polar surface area (TPSA) is 107 Å². The van der Waals surface area contributed by atoms with E-state index in [1.54, 1.807) is 34.9 Å². The number of Topliss-reactive ketones (excluding diaryl/α,β-unsaturated/α-hetero) is 1. The highest BCUT2D eigenvalue weighted by Crippen LogP contribution is 2.35. The van der Waals surface area contributed by atoms with Crippen molar-refractivity contribution >= 4 is 34.3 Å². The Morgan fingerprint density at radius 3 is 2.73 bits per heavy atom. The first kappa shape index (κ1) is 21.1. The van der Waals surface area contributed by atoms with E-state index in [4.69, 9.17) is 4.74 Å². The molecule has 0 spiro atoms. The summed E-state index contributed by atoms with van der Waals surface area (Å²) in [4.78, 5) is 53.8. The lowest BCUT2D eigenvalue weighted by molar-refractivity contribution is -0.142. The number of fused-ring (bicyclic) bond motifs is 2. The number of esters is 1. The fourth-order valence-corrected chi connectivity index (χ4v) is 4.15. The number of carbonyl (C=O) groups is 3. The number of amides is 1. The molecular weight excluding hydrogens is 422 g/mol. The zero-order valence-corrected chi connectivity index (χ0v) is 18.0. The zero-order chi connectivity index (χ0) is 22.9. The predicted molar refractivity (Wildman–Crippen MR) is 121 cm³/mol. The van der Waals surface area contributed by atoms with Gasteiger partial charge in [0.2, 0.25) is 5.91 Å². The quantitative estimate of drug-likeness (QED) is 0.443. The van der Waals surface area contributed by atoms with E-state index in [0.29, 0.717) is 40.8 Å². The van der Waals surface area contributed by atoms with Crippen LogP contribution in [0, 0.1) is 0 Å². The predicted octanol–water partition coefficient (Wildman–Crippen LogP) is 2.97. The molecule has 1 aliphatic heterocycles. The van der Waals surface area contributed by atoms with E-state index in [0.717, 1.165) is 18.4 Å². The molecule has 2 aliphatic rings. The molecule has 1 amide bonds. The van der Waals surface area contributed by atoms with Crippen molar-refractivity contribution in [2.45, 2.75) is 44.6 Å². The van der Waals surface area contributed by atoms with Crippen LogP contribution in [0.2, 0.25) is 0 Å². The summed E-state index contributed by atoms with van der Waals surface area (Å²) in [5.74, 6) is -0.287. The van der Waals surface area contributed by atoms with Crippen LogP contribution in [0.5, 0.6) is 0 Å². The van der Waals surface area contributed by atoms with E-state index in [2.05, 4.69) is 10.3 Å². The molecule has 8 heteroatoms. The number of benzene rings is 2. The number of rotatable bonds is 7. The molecule has 168 valence electrons. The molecule has 2 heterocycles. The number of para-hydroxylation sites is 1. The highest BCUT2D eigenvalue weighted by Gasteiger charge is 2.28. The molecule has 1 aliphatic carbocycles. The Morgan fingerprint density at radius 2 is 1.91 bits per heavy atom. The first-order valence-electron chi connectivity index (χ1n) is 11.1. The van der Waals surface area contributed by atoms with Crippen LogP contribution >= 0.6 is 0 Å². The summed E-state index contributed by atoms with van der Waals surface area (Å²) in [6.07, 6.45) is 3.10. The van der Waals surface area contributed by atoms with Gasteiger partial charge in [0.1, 0.15) is 5.82 Å². The number of hydrogen-bond acceptors (Lipinski definition) is 6. The summed E-state index contributed by atoms with van der Waals surface area (Å²) in [6, 6.07) is 12.4. The van der Waals surface area contributed by atoms with Crippen LogP contribution in [0.15, 0.2) is 47.3 Å². The van der Waals surface area contributed by atoms with Gasteiger partial charge in [-0.1, -0.05) is 12.1 Å². The average Bonchev–Trinajstić information content (AvgIpc) is 3.66. The molecule has 0 unspecified atom stereocenters. The molecule has 2 aromatic carbocycles. The van der Waals surface area contributed by atoms with Crippen LogP contribution in [0.4, 0.5) is 5.69 Å². The van der Waals surface area contributed by atoms with Gasteiger partial charge in [-0.2, -0.15) is 0 Å². The minimum Gasteiger partial charge on any atom is -0.457 e. The number of nitrogens with zero attached hydrogens (tertiary/aromatic N) is 2. The van der Waals surface area contributed by atoms with Gasteiger partial charge in [-0.3, -0.25) is 23.7 Å². The second-order valence-electron chi connectivity index (χ2n) is 8.46. The highest BCUT2D eigenvalue weighted by atomic mass is 16.5. The smallest absolute Gasteiger partial charge is 0.306 e. The van der Waals surface area contributed by atoms with Gasteiger partial charge in [-0.25, -0.2) is 4.98 Å². The number of hydrogen-bond donors (Lipinski definition) is 1. The molecule has 0 saturated heterocycles. The number of ether oxygens (including phenoxy) is 1. The van der Waals surface area contributed by atoms with Crippen LogP contribution in [0.25, 0.3) is 10.9 Å². The monoisotopic (exact) mass is 445 g/mol. The lowest BCUT2D eigenvalue weighted by Crippen LogP contribution is -2.25. The van der Waals surface area contributed by atoms with Gasteiger partial charge in [0, 0.05) is 30.1 Å². The fourth-order valence-electron chi connectivity index (χ4n) is 4.15. The van der Waals surface area contributed by atoms with Crippen LogP contribution in [0.1, 0.15) is 53.5 Å². The largest absolute Gasteiger partial charge is 0.457 e. The Labute approximate surface area is 189 Å². The minimum atomic E-state index is -0.515. The van der Waals surface area contributed by atoms with E-state index in [1.165, 1.54) is 0 Å². The van der Waals surface area contributed by atoms with Crippen molar-refractivity contribution in [3.05, 3.63) is 69.8 Å². The number of anilines is 1. The lowest BCUT2D eigenvalue weighted by atomic mass is 9.99. The molecule has 3 aromatic rings. The van der Waals surface area contributed by atoms with Crippen molar-refractivity contribution in [2.75, 3.05) is 11.9 Å². The second kappa shape index (κ2) is 8.61. The van der Waals surface area contributed by atoms with E-state index < -0.39 is 5.97 Å². The van der Waals surface area contributed by atoms with Crippen molar-refractivity contribution in [3.8, 4) is 0 Å². The molecule has 0 bridgehead atoms. The molecule has 33 heavy (non-hydrogen) atoms. The Balaban J connectivity index is 1.22. The summed E-state index contributed by atoms with van der Waals surface area (Å²) in [5.41, 5.74) is 2.58. The second-order valence-corrected chi connectivity index (χ2v) is 8.46. The van der Waals surface area contributed by atoms with Crippen molar-refractivity contribution in [1.82, 2.24) is 9.55 Å². The van der Waals surface area contributed by atoms with Gasteiger partial charge in [0.05, 0.1) is 17.3 Å². The van der Waals surface area contributed by atoms with Crippen molar-refractivity contribution in [2.24, 2.45) is 0 Å². The fraction of sp³-hybridized carbons (Fsp3) is 0.320. The van der Waals surface area contributed by atoms with Crippen molar-refractivity contribution < 1.29 is 19.1 Å². The standard InChI is InChI=1S/C25H23N3O5/c29-21(16-5-9-19-15(13-16)6-11-23(30)27-19)14-33-24(31)12-10-22-26-20-4-2-1-3-18(20)25(32)28(22)17-7-8-17/h1-5,9,13,17H,6-8,10-12,14H2,(H,27,30). The van der Waals surface area contributed by atoms with Gasteiger partial charge in [0.15, 0.2) is 12.4 Å². The molecule has 1 N–H and O–H groups in total. The van der Waals surface area contributed by atoms with Gasteiger partial charge in [-0.15, -0.1) is 0 Å². The summed E-state index contributed by atoms with van der Waals surface area (Å²) in [5, 5.41) is 3.35.